The normalized spacial score (nSPS) is 10.9. The van der Waals surface area contributed by atoms with Crippen LogP contribution in [0.5, 0.6) is 5.75 Å². The maximum atomic E-state index is 13.0. The van der Waals surface area contributed by atoms with Gasteiger partial charge in [-0.2, -0.15) is 9.78 Å². The summed E-state index contributed by atoms with van der Waals surface area (Å²) in [5.74, 6) is 1.64. The molecule has 2 heterocycles. The molecule has 0 saturated heterocycles. The molecule has 0 bridgehead atoms. The van der Waals surface area contributed by atoms with Crippen LogP contribution in [0.25, 0.3) is 27.8 Å². The number of benzene rings is 3. The number of carbonyl (C=O) groups excluding carboxylic acids is 1. The summed E-state index contributed by atoms with van der Waals surface area (Å²) in [4.78, 5) is 17.8. The van der Waals surface area contributed by atoms with Crippen molar-refractivity contribution >= 4 is 22.6 Å². The lowest BCUT2D eigenvalue weighted by atomic mass is 10.0. The van der Waals surface area contributed by atoms with E-state index in [4.69, 9.17) is 9.72 Å². The first-order valence-corrected chi connectivity index (χ1v) is 11.0. The van der Waals surface area contributed by atoms with Crippen molar-refractivity contribution in [3.8, 4) is 22.7 Å². The Kier molecular flexibility index (Phi) is 5.55. The Morgan fingerprint density at radius 3 is 2.35 bits per heavy atom. The number of aryl methyl sites for hydroxylation is 2. The minimum absolute atomic E-state index is 0.212. The molecule has 6 nitrogen and oxygen atoms in total. The van der Waals surface area contributed by atoms with Gasteiger partial charge in [0.05, 0.1) is 12.8 Å². The van der Waals surface area contributed by atoms with E-state index in [2.05, 4.69) is 10.4 Å². The van der Waals surface area contributed by atoms with Gasteiger partial charge in [0.2, 0.25) is 0 Å². The van der Waals surface area contributed by atoms with Gasteiger partial charge in [-0.15, -0.1) is 0 Å². The van der Waals surface area contributed by atoms with Gasteiger partial charge in [-0.1, -0.05) is 54.6 Å². The Labute approximate surface area is 197 Å². The van der Waals surface area contributed by atoms with Gasteiger partial charge >= 0.3 is 0 Å². The van der Waals surface area contributed by atoms with E-state index in [0.29, 0.717) is 22.9 Å². The van der Waals surface area contributed by atoms with Crippen molar-refractivity contribution in [2.75, 3.05) is 12.4 Å². The van der Waals surface area contributed by atoms with Gasteiger partial charge in [0.25, 0.3) is 5.91 Å². The highest BCUT2D eigenvalue weighted by Gasteiger charge is 2.16. The molecular weight excluding hydrogens is 424 g/mol. The average molecular weight is 449 g/mol. The van der Waals surface area contributed by atoms with Crippen LogP contribution in [0.3, 0.4) is 0 Å². The predicted octanol–water partition coefficient (Wildman–Crippen LogP) is 5.97. The minimum Gasteiger partial charge on any atom is -0.494 e. The highest BCUT2D eigenvalue weighted by Crippen LogP contribution is 2.29. The van der Waals surface area contributed by atoms with Crippen LogP contribution >= 0.6 is 0 Å². The third-order valence-corrected chi connectivity index (χ3v) is 5.76. The molecule has 0 unspecified atom stereocenters. The molecule has 0 saturated carbocycles. The number of hydrogen-bond donors (Lipinski definition) is 1. The van der Waals surface area contributed by atoms with E-state index in [1.54, 1.807) is 11.8 Å². The number of carbonyl (C=O) groups is 1. The highest BCUT2D eigenvalue weighted by atomic mass is 16.5. The second-order valence-electron chi connectivity index (χ2n) is 8.13. The lowest BCUT2D eigenvalue weighted by Gasteiger charge is -2.12. The lowest BCUT2D eigenvalue weighted by molar-refractivity contribution is 0.102. The number of methoxy groups -OCH3 is 1. The topological polar surface area (TPSA) is 69.0 Å². The molecule has 1 amide bonds. The molecule has 0 aliphatic rings. The van der Waals surface area contributed by atoms with Gasteiger partial charge in [-0.05, 0) is 54.8 Å². The van der Waals surface area contributed by atoms with Crippen molar-refractivity contribution in [3.63, 3.8) is 0 Å². The maximum absolute atomic E-state index is 13.0. The van der Waals surface area contributed by atoms with Gasteiger partial charge in [0, 0.05) is 17.0 Å². The quantitative estimate of drug-likeness (QED) is 0.360. The van der Waals surface area contributed by atoms with Crippen LogP contribution in [0.1, 0.15) is 21.6 Å². The van der Waals surface area contributed by atoms with E-state index in [0.717, 1.165) is 33.3 Å². The Bertz CT molecular complexity index is 1490. The number of fused-ring (bicyclic) bond motifs is 1. The summed E-state index contributed by atoms with van der Waals surface area (Å²) in [6.45, 7) is 3.91. The maximum Gasteiger partial charge on any atom is 0.256 e. The standard InChI is InChI=1S/C28H24N4O2/c1-18-16-25(29-27-23(18)10-7-11-24(27)34-3)32-26(17-19(2)31-32)30-28(33)22-14-12-21(13-15-22)20-8-5-4-6-9-20/h4-17H,1-3H3,(H,30,33). The zero-order valence-corrected chi connectivity index (χ0v) is 19.2. The Hall–Kier alpha value is -4.45. The van der Waals surface area contributed by atoms with Crippen LogP contribution in [-0.2, 0) is 0 Å². The second-order valence-corrected chi connectivity index (χ2v) is 8.13. The molecule has 0 aliphatic carbocycles. The predicted molar refractivity (Wildman–Crippen MR) is 135 cm³/mol. The van der Waals surface area contributed by atoms with E-state index in [1.165, 1.54) is 0 Å². The average Bonchev–Trinajstić information content (AvgIpc) is 3.24. The SMILES string of the molecule is COc1cccc2c(C)cc(-n3nc(C)cc3NC(=O)c3ccc(-c4ccccc4)cc3)nc12. The largest absolute Gasteiger partial charge is 0.494 e. The highest BCUT2D eigenvalue weighted by molar-refractivity contribution is 6.04. The lowest BCUT2D eigenvalue weighted by Crippen LogP contribution is -2.15. The summed E-state index contributed by atoms with van der Waals surface area (Å²) in [5, 5.41) is 8.59. The van der Waals surface area contributed by atoms with Crippen molar-refractivity contribution < 1.29 is 9.53 Å². The zero-order chi connectivity index (χ0) is 23.7. The Morgan fingerprint density at radius 1 is 0.882 bits per heavy atom. The van der Waals surface area contributed by atoms with E-state index in [9.17, 15) is 4.79 Å². The molecule has 0 radical (unpaired) electrons. The Morgan fingerprint density at radius 2 is 1.62 bits per heavy atom. The van der Waals surface area contributed by atoms with Crippen molar-refractivity contribution in [3.05, 3.63) is 102 Å². The van der Waals surface area contributed by atoms with Gasteiger partial charge in [0.15, 0.2) is 5.82 Å². The van der Waals surface area contributed by atoms with Crippen LogP contribution in [0.4, 0.5) is 5.82 Å². The fourth-order valence-electron chi connectivity index (χ4n) is 4.04. The fourth-order valence-corrected chi connectivity index (χ4v) is 4.04. The number of nitrogens with zero attached hydrogens (tertiary/aromatic N) is 3. The van der Waals surface area contributed by atoms with E-state index in [1.807, 2.05) is 98.8 Å². The summed E-state index contributed by atoms with van der Waals surface area (Å²) >= 11 is 0. The summed E-state index contributed by atoms with van der Waals surface area (Å²) in [7, 11) is 1.63. The van der Waals surface area contributed by atoms with Crippen LogP contribution in [0, 0.1) is 13.8 Å². The number of hydrogen-bond acceptors (Lipinski definition) is 4. The van der Waals surface area contributed by atoms with Gasteiger partial charge in [-0.25, -0.2) is 4.98 Å². The van der Waals surface area contributed by atoms with Gasteiger partial charge in [-0.3, -0.25) is 4.79 Å². The van der Waals surface area contributed by atoms with Gasteiger partial charge < -0.3 is 10.1 Å². The van der Waals surface area contributed by atoms with E-state index in [-0.39, 0.29) is 5.91 Å². The van der Waals surface area contributed by atoms with Crippen LogP contribution in [0.15, 0.2) is 84.9 Å². The molecule has 3 aromatic carbocycles. The Balaban J connectivity index is 1.46. The van der Waals surface area contributed by atoms with Crippen molar-refractivity contribution in [2.45, 2.75) is 13.8 Å². The fraction of sp³-hybridized carbons (Fsp3) is 0.107. The van der Waals surface area contributed by atoms with Crippen molar-refractivity contribution in [2.24, 2.45) is 0 Å². The first-order valence-electron chi connectivity index (χ1n) is 11.0. The molecule has 5 aromatic rings. The smallest absolute Gasteiger partial charge is 0.256 e. The number of rotatable bonds is 5. The van der Waals surface area contributed by atoms with Crippen LogP contribution in [-0.4, -0.2) is 27.8 Å². The number of amides is 1. The third-order valence-electron chi connectivity index (χ3n) is 5.76. The number of pyridine rings is 1. The van der Waals surface area contributed by atoms with Crippen LogP contribution in [0.2, 0.25) is 0 Å². The summed E-state index contributed by atoms with van der Waals surface area (Å²) < 4.78 is 7.17. The van der Waals surface area contributed by atoms with Crippen molar-refractivity contribution in [1.82, 2.24) is 14.8 Å². The molecule has 0 spiro atoms. The van der Waals surface area contributed by atoms with E-state index < -0.39 is 0 Å². The molecule has 0 atom stereocenters. The first kappa shape index (κ1) is 21.4. The first-order chi connectivity index (χ1) is 16.5. The number of anilines is 1. The number of para-hydroxylation sites is 1. The van der Waals surface area contributed by atoms with Crippen molar-refractivity contribution in [1.29, 1.82) is 0 Å². The summed E-state index contributed by atoms with van der Waals surface area (Å²) in [6, 6.07) is 27.3. The summed E-state index contributed by atoms with van der Waals surface area (Å²) in [6.07, 6.45) is 0. The number of nitrogens with one attached hydrogen (secondary N) is 1. The van der Waals surface area contributed by atoms with Crippen LogP contribution < -0.4 is 10.1 Å². The summed E-state index contributed by atoms with van der Waals surface area (Å²) in [5.41, 5.74) is 5.30. The van der Waals surface area contributed by atoms with E-state index >= 15 is 0 Å². The number of ether oxygens (including phenoxy) is 1. The molecule has 0 aliphatic heterocycles. The molecule has 0 fully saturated rings. The molecule has 168 valence electrons. The molecule has 1 N–H and O–H groups in total. The minimum atomic E-state index is -0.212. The van der Waals surface area contributed by atoms with Gasteiger partial charge in [0.1, 0.15) is 17.1 Å². The second kappa shape index (κ2) is 8.83. The molecule has 2 aromatic heterocycles. The molecule has 34 heavy (non-hydrogen) atoms. The molecule has 5 rings (SSSR count). The molecule has 6 heteroatoms. The molecular formula is C28H24N4O2. The third kappa shape index (κ3) is 4.01. The number of aromatic nitrogens is 3. The monoisotopic (exact) mass is 448 g/mol. The zero-order valence-electron chi connectivity index (χ0n) is 19.2.